The van der Waals surface area contributed by atoms with Crippen LogP contribution in [0.5, 0.6) is 0 Å². The molecule has 4 aliphatic rings. The van der Waals surface area contributed by atoms with Crippen molar-refractivity contribution in [2.24, 2.45) is 11.8 Å². The fourth-order valence-corrected chi connectivity index (χ4v) is 5.54. The molecule has 30 heavy (non-hydrogen) atoms. The number of carbonyl (C=O) groups is 3. The van der Waals surface area contributed by atoms with E-state index in [2.05, 4.69) is 29.7 Å². The van der Waals surface area contributed by atoms with E-state index < -0.39 is 17.7 Å². The Morgan fingerprint density at radius 1 is 0.633 bits per heavy atom. The van der Waals surface area contributed by atoms with Crippen molar-refractivity contribution in [2.75, 3.05) is 0 Å². The molecule has 1 saturated heterocycles. The van der Waals surface area contributed by atoms with Gasteiger partial charge in [0.2, 0.25) is 0 Å². The number of hydrazine groups is 1. The Bertz CT molecular complexity index is 1100. The molecule has 1 heterocycles. The van der Waals surface area contributed by atoms with E-state index in [1.807, 2.05) is 30.3 Å². The summed E-state index contributed by atoms with van der Waals surface area (Å²) in [6, 6.07) is 24.8. The van der Waals surface area contributed by atoms with E-state index in [1.165, 1.54) is 0 Å². The van der Waals surface area contributed by atoms with Gasteiger partial charge in [0.05, 0.1) is 11.8 Å². The summed E-state index contributed by atoms with van der Waals surface area (Å²) >= 11 is 0. The minimum atomic E-state index is -0.497. The average Bonchev–Trinajstić information content (AvgIpc) is 3.05. The highest BCUT2D eigenvalue weighted by Gasteiger charge is 2.62. The number of rotatable bonds is 2. The van der Waals surface area contributed by atoms with Gasteiger partial charge in [-0.3, -0.25) is 19.8 Å². The summed E-state index contributed by atoms with van der Waals surface area (Å²) in [5.41, 5.74) is 7.42. The van der Waals surface area contributed by atoms with Gasteiger partial charge in [-0.05, 0) is 34.4 Å². The maximum atomic E-state index is 13.4. The van der Waals surface area contributed by atoms with E-state index in [0.717, 1.165) is 27.3 Å². The first-order valence-electron chi connectivity index (χ1n) is 10.1. The van der Waals surface area contributed by atoms with Crippen molar-refractivity contribution < 1.29 is 14.4 Å². The zero-order valence-corrected chi connectivity index (χ0v) is 16.0. The van der Waals surface area contributed by atoms with Crippen molar-refractivity contribution in [1.29, 1.82) is 0 Å². The lowest BCUT2D eigenvalue weighted by Crippen LogP contribution is -2.46. The van der Waals surface area contributed by atoms with E-state index in [9.17, 15) is 14.4 Å². The molecule has 7 rings (SSSR count). The third-order valence-electron chi connectivity index (χ3n) is 6.70. The summed E-state index contributed by atoms with van der Waals surface area (Å²) in [5.74, 6) is -2.46. The fraction of sp³-hybridized carbons (Fsp3) is 0.160. The first-order valence-corrected chi connectivity index (χ1v) is 10.1. The lowest BCUT2D eigenvalue weighted by Gasteiger charge is -2.45. The van der Waals surface area contributed by atoms with E-state index in [0.29, 0.717) is 5.56 Å². The Kier molecular flexibility index (Phi) is 3.51. The summed E-state index contributed by atoms with van der Waals surface area (Å²) in [6.07, 6.45) is 0. The number of benzene rings is 3. The Balaban J connectivity index is 1.44. The molecule has 0 spiro atoms. The smallest absolute Gasteiger partial charge is 0.270 e. The van der Waals surface area contributed by atoms with Gasteiger partial charge < -0.3 is 0 Å². The van der Waals surface area contributed by atoms with Crippen LogP contribution in [-0.2, 0) is 9.59 Å². The maximum Gasteiger partial charge on any atom is 0.270 e. The highest BCUT2D eigenvalue weighted by Crippen LogP contribution is 2.60. The zero-order chi connectivity index (χ0) is 20.4. The van der Waals surface area contributed by atoms with Crippen molar-refractivity contribution >= 4 is 17.7 Å². The number of hydrogen-bond acceptors (Lipinski definition) is 3. The molecule has 2 bridgehead atoms. The van der Waals surface area contributed by atoms with Crippen LogP contribution in [0.3, 0.4) is 0 Å². The first kappa shape index (κ1) is 17.2. The van der Waals surface area contributed by atoms with Crippen molar-refractivity contribution in [3.63, 3.8) is 0 Å². The molecule has 5 nitrogen and oxygen atoms in total. The Hall–Kier alpha value is -3.73. The lowest BCUT2D eigenvalue weighted by molar-refractivity contribution is -0.142. The molecule has 3 aliphatic carbocycles. The Morgan fingerprint density at radius 3 is 1.47 bits per heavy atom. The van der Waals surface area contributed by atoms with Gasteiger partial charge in [-0.1, -0.05) is 66.7 Å². The lowest BCUT2D eigenvalue weighted by atomic mass is 9.55. The van der Waals surface area contributed by atoms with Gasteiger partial charge in [0.1, 0.15) is 0 Å². The Labute approximate surface area is 173 Å². The van der Waals surface area contributed by atoms with Crippen LogP contribution in [0.1, 0.15) is 44.4 Å². The van der Waals surface area contributed by atoms with Crippen molar-refractivity contribution in [3.05, 3.63) is 107 Å². The minimum absolute atomic E-state index is 0.178. The number of nitrogens with zero attached hydrogens (tertiary/aromatic N) is 1. The van der Waals surface area contributed by atoms with E-state index in [4.69, 9.17) is 0 Å². The number of hydrogen-bond donors (Lipinski definition) is 1. The highest BCUT2D eigenvalue weighted by atomic mass is 16.2. The molecule has 3 aromatic rings. The number of nitrogens with one attached hydrogen (secondary N) is 1. The molecule has 2 atom stereocenters. The summed E-state index contributed by atoms with van der Waals surface area (Å²) in [4.78, 5) is 39.5. The standard InChI is InChI=1S/C25H18N2O3/c28-23(14-8-2-1-3-9-14)26-27-24(29)21-19-15-10-4-5-11-16(15)20(22(21)25(27)30)18-13-7-6-12-17(18)19/h1-13,19-22H,(H,26,28)/t19?,20?,21-,22-/m1/s1. The summed E-state index contributed by atoms with van der Waals surface area (Å²) < 4.78 is 0. The van der Waals surface area contributed by atoms with E-state index >= 15 is 0 Å². The maximum absolute atomic E-state index is 13.4. The predicted molar refractivity (Wildman–Crippen MR) is 109 cm³/mol. The van der Waals surface area contributed by atoms with Gasteiger partial charge in [-0.2, -0.15) is 5.01 Å². The molecule has 3 aromatic carbocycles. The van der Waals surface area contributed by atoms with Gasteiger partial charge in [-0.15, -0.1) is 0 Å². The molecule has 0 unspecified atom stereocenters. The molecule has 1 aliphatic heterocycles. The van der Waals surface area contributed by atoms with E-state index in [1.54, 1.807) is 24.3 Å². The predicted octanol–water partition coefficient (Wildman–Crippen LogP) is 3.22. The molecular formula is C25H18N2O3. The summed E-state index contributed by atoms with van der Waals surface area (Å²) in [5, 5.41) is 0.961. The molecule has 3 amide bonds. The zero-order valence-electron chi connectivity index (χ0n) is 16.0. The topological polar surface area (TPSA) is 66.5 Å². The average molecular weight is 394 g/mol. The van der Waals surface area contributed by atoms with Crippen molar-refractivity contribution in [3.8, 4) is 0 Å². The molecule has 0 radical (unpaired) electrons. The molecule has 146 valence electrons. The van der Waals surface area contributed by atoms with Crippen LogP contribution in [0.2, 0.25) is 0 Å². The van der Waals surface area contributed by atoms with Crippen LogP contribution < -0.4 is 5.43 Å². The van der Waals surface area contributed by atoms with Gasteiger partial charge in [-0.25, -0.2) is 0 Å². The number of carbonyl (C=O) groups excluding carboxylic acids is 3. The molecule has 1 N–H and O–H groups in total. The SMILES string of the molecule is O=C(NN1C(=O)[C@@H]2C3c4ccccc4C(c4ccccc43)[C@H]2C1=O)c1ccccc1. The summed E-state index contributed by atoms with van der Waals surface area (Å²) in [6.45, 7) is 0. The van der Waals surface area contributed by atoms with Crippen LogP contribution in [0.4, 0.5) is 0 Å². The molecule has 1 fully saturated rings. The number of amides is 3. The normalized spacial score (nSPS) is 25.5. The van der Waals surface area contributed by atoms with Crippen LogP contribution >= 0.6 is 0 Å². The van der Waals surface area contributed by atoms with Crippen LogP contribution in [-0.4, -0.2) is 22.7 Å². The van der Waals surface area contributed by atoms with Crippen molar-refractivity contribution in [2.45, 2.75) is 11.8 Å². The van der Waals surface area contributed by atoms with Gasteiger partial charge in [0.15, 0.2) is 0 Å². The van der Waals surface area contributed by atoms with Gasteiger partial charge >= 0.3 is 0 Å². The molecule has 0 aromatic heterocycles. The second kappa shape index (κ2) is 6.13. The third kappa shape index (κ3) is 2.15. The molecule has 5 heteroatoms. The van der Waals surface area contributed by atoms with E-state index in [-0.39, 0.29) is 23.7 Å². The molecule has 0 saturated carbocycles. The van der Waals surface area contributed by atoms with Crippen LogP contribution in [0.15, 0.2) is 78.9 Å². The Morgan fingerprint density at radius 2 is 1.03 bits per heavy atom. The number of imide groups is 1. The van der Waals surface area contributed by atoms with Gasteiger partial charge in [0.25, 0.3) is 17.7 Å². The highest BCUT2D eigenvalue weighted by molar-refractivity contribution is 6.09. The first-order chi connectivity index (χ1) is 14.7. The van der Waals surface area contributed by atoms with Gasteiger partial charge in [0, 0.05) is 17.4 Å². The fourth-order valence-electron chi connectivity index (χ4n) is 5.54. The van der Waals surface area contributed by atoms with Crippen LogP contribution in [0.25, 0.3) is 0 Å². The van der Waals surface area contributed by atoms with Crippen molar-refractivity contribution in [1.82, 2.24) is 10.4 Å². The minimum Gasteiger partial charge on any atom is -0.272 e. The monoisotopic (exact) mass is 394 g/mol. The van der Waals surface area contributed by atoms with Crippen LogP contribution in [0, 0.1) is 11.8 Å². The second-order valence-corrected chi connectivity index (χ2v) is 8.08. The third-order valence-corrected chi connectivity index (χ3v) is 6.70. The second-order valence-electron chi connectivity index (χ2n) is 8.08. The summed E-state index contributed by atoms with van der Waals surface area (Å²) in [7, 11) is 0. The largest absolute Gasteiger partial charge is 0.272 e. The quantitative estimate of drug-likeness (QED) is 0.679. The molecular weight excluding hydrogens is 376 g/mol.